The Bertz CT molecular complexity index is 1070. The largest absolute Gasteiger partial charge is 0.482 e. The number of alkyl halides is 2. The second-order valence-electron chi connectivity index (χ2n) is 8.54. The van der Waals surface area contributed by atoms with Crippen molar-refractivity contribution in [1.82, 2.24) is 0 Å². The van der Waals surface area contributed by atoms with Crippen LogP contribution in [0.5, 0.6) is 11.5 Å². The van der Waals surface area contributed by atoms with E-state index in [1.54, 1.807) is 30.3 Å². The van der Waals surface area contributed by atoms with Gasteiger partial charge in [-0.25, -0.2) is 9.69 Å². The predicted molar refractivity (Wildman–Crippen MR) is 125 cm³/mol. The van der Waals surface area contributed by atoms with Crippen molar-refractivity contribution in [3.8, 4) is 11.5 Å². The van der Waals surface area contributed by atoms with Crippen molar-refractivity contribution in [3.05, 3.63) is 54.1 Å². The van der Waals surface area contributed by atoms with Crippen LogP contribution in [0.15, 0.2) is 48.5 Å². The van der Waals surface area contributed by atoms with Gasteiger partial charge >= 0.3 is 5.97 Å². The monoisotopic (exact) mass is 561 g/mol. The highest BCUT2D eigenvalue weighted by Crippen LogP contribution is 2.60. The van der Waals surface area contributed by atoms with Crippen LogP contribution in [0.4, 0.5) is 5.69 Å². The maximum Gasteiger partial charge on any atom is 0.349 e. The fourth-order valence-electron chi connectivity index (χ4n) is 5.31. The first-order chi connectivity index (χ1) is 15.4. The fraction of sp³-hybridized carbons (Fsp3) is 0.375. The molecule has 0 N–H and O–H groups in total. The van der Waals surface area contributed by atoms with E-state index in [1.165, 1.54) is 4.90 Å². The minimum atomic E-state index is -0.566. The number of aryl methyl sites for hydroxylation is 1. The SMILES string of the molecule is Cc1ccccc1OCC(=O)Oc1cccc(N2C(=O)[C@@H]3[C@@H]4C[C@H]([C@H](Br)[C@@H]4Br)[C@@H]3C2=O)c1. The number of carbonyl (C=O) groups excluding carboxylic acids is 3. The summed E-state index contributed by atoms with van der Waals surface area (Å²) in [6.07, 6.45) is 0.880. The number of rotatable bonds is 5. The molecule has 1 heterocycles. The first-order valence-electron chi connectivity index (χ1n) is 10.5. The molecule has 0 radical (unpaired) electrons. The van der Waals surface area contributed by atoms with Crippen LogP contribution < -0.4 is 14.4 Å². The second kappa shape index (κ2) is 8.30. The summed E-state index contributed by atoms with van der Waals surface area (Å²) in [6, 6.07) is 13.9. The lowest BCUT2D eigenvalue weighted by Crippen LogP contribution is -2.37. The number of carbonyl (C=O) groups is 3. The Morgan fingerprint density at radius 3 is 2.31 bits per heavy atom. The zero-order chi connectivity index (χ0) is 22.6. The number of imide groups is 1. The lowest BCUT2D eigenvalue weighted by Gasteiger charge is -2.28. The number of fused-ring (bicyclic) bond motifs is 5. The van der Waals surface area contributed by atoms with E-state index in [9.17, 15) is 14.4 Å². The van der Waals surface area contributed by atoms with Crippen LogP contribution in [0.3, 0.4) is 0 Å². The lowest BCUT2D eigenvalue weighted by molar-refractivity contribution is -0.136. The second-order valence-corrected chi connectivity index (χ2v) is 10.7. The van der Waals surface area contributed by atoms with E-state index in [-0.39, 0.29) is 57.5 Å². The quantitative estimate of drug-likeness (QED) is 0.236. The standard InChI is InChI=1S/C24H21Br2NO5/c1-12-5-2-3-8-17(12)31-11-18(28)32-14-7-4-6-13(9-14)27-23(29)19-15-10-16(20(19)24(27)30)22(26)21(15)25/h2-9,15-16,19-22H,10-11H2,1H3/t15-,16-,19-,20+,21-,22+/m0/s1. The van der Waals surface area contributed by atoms with Gasteiger partial charge in [-0.05, 0) is 48.9 Å². The molecule has 0 unspecified atom stereocenters. The van der Waals surface area contributed by atoms with Gasteiger partial charge in [0.1, 0.15) is 11.5 Å². The molecule has 5 rings (SSSR count). The molecule has 2 amide bonds. The third kappa shape index (κ3) is 3.48. The summed E-state index contributed by atoms with van der Waals surface area (Å²) in [5, 5.41) is 0. The van der Waals surface area contributed by atoms with Gasteiger partial charge in [0.2, 0.25) is 11.8 Å². The van der Waals surface area contributed by atoms with E-state index >= 15 is 0 Å². The van der Waals surface area contributed by atoms with Crippen LogP contribution in [0.1, 0.15) is 12.0 Å². The molecule has 0 spiro atoms. The van der Waals surface area contributed by atoms with E-state index in [4.69, 9.17) is 9.47 Å². The average molecular weight is 563 g/mol. The van der Waals surface area contributed by atoms with E-state index < -0.39 is 5.97 Å². The van der Waals surface area contributed by atoms with Gasteiger partial charge in [-0.15, -0.1) is 0 Å². The normalized spacial score (nSPS) is 30.5. The first-order valence-corrected chi connectivity index (χ1v) is 12.3. The maximum atomic E-state index is 13.2. The molecule has 2 bridgehead atoms. The molecule has 8 heteroatoms. The van der Waals surface area contributed by atoms with Gasteiger partial charge in [-0.2, -0.15) is 0 Å². The Morgan fingerprint density at radius 1 is 1.00 bits per heavy atom. The van der Waals surface area contributed by atoms with Crippen molar-refractivity contribution in [2.45, 2.75) is 23.0 Å². The molecule has 2 aromatic rings. The number of ether oxygens (including phenoxy) is 2. The summed E-state index contributed by atoms with van der Waals surface area (Å²) < 4.78 is 10.9. The predicted octanol–water partition coefficient (Wildman–Crippen LogP) is 4.26. The van der Waals surface area contributed by atoms with Crippen LogP contribution in [0.25, 0.3) is 0 Å². The van der Waals surface area contributed by atoms with E-state index in [0.29, 0.717) is 11.4 Å². The Hall–Kier alpha value is -2.19. The summed E-state index contributed by atoms with van der Waals surface area (Å²) in [5.41, 5.74) is 1.35. The third-order valence-electron chi connectivity index (χ3n) is 6.73. The Labute approximate surface area is 202 Å². The maximum absolute atomic E-state index is 13.2. The molecule has 166 valence electrons. The number of halogens is 2. The highest BCUT2D eigenvalue weighted by molar-refractivity contribution is 9.12. The molecule has 3 aliphatic rings. The van der Waals surface area contributed by atoms with E-state index in [1.807, 2.05) is 25.1 Å². The highest BCUT2D eigenvalue weighted by atomic mass is 79.9. The Kier molecular flexibility index (Phi) is 5.61. The van der Waals surface area contributed by atoms with Gasteiger partial charge in [0.15, 0.2) is 6.61 Å². The van der Waals surface area contributed by atoms with Gasteiger partial charge in [0.25, 0.3) is 0 Å². The molecule has 0 aromatic heterocycles. The number of amides is 2. The third-order valence-corrected chi connectivity index (χ3v) is 9.94. The van der Waals surface area contributed by atoms with Crippen molar-refractivity contribution in [1.29, 1.82) is 0 Å². The Morgan fingerprint density at radius 2 is 1.66 bits per heavy atom. The number of para-hydroxylation sites is 1. The molecule has 6 nitrogen and oxygen atoms in total. The zero-order valence-corrected chi connectivity index (χ0v) is 20.4. The molecule has 2 aliphatic carbocycles. The van der Waals surface area contributed by atoms with Crippen LogP contribution in [-0.2, 0) is 14.4 Å². The number of nitrogens with zero attached hydrogens (tertiary/aromatic N) is 1. The van der Waals surface area contributed by atoms with Crippen molar-refractivity contribution < 1.29 is 23.9 Å². The van der Waals surface area contributed by atoms with Gasteiger partial charge < -0.3 is 9.47 Å². The summed E-state index contributed by atoms with van der Waals surface area (Å²) >= 11 is 7.39. The highest BCUT2D eigenvalue weighted by Gasteiger charge is 2.66. The molecule has 3 fully saturated rings. The van der Waals surface area contributed by atoms with Crippen LogP contribution >= 0.6 is 31.9 Å². The summed E-state index contributed by atoms with van der Waals surface area (Å²) in [4.78, 5) is 40.3. The van der Waals surface area contributed by atoms with Gasteiger partial charge in [0, 0.05) is 15.7 Å². The summed E-state index contributed by atoms with van der Waals surface area (Å²) in [6.45, 7) is 1.65. The number of esters is 1. The topological polar surface area (TPSA) is 72.9 Å². The number of anilines is 1. The molecule has 2 saturated carbocycles. The first kappa shape index (κ1) is 21.6. The number of hydrogen-bond donors (Lipinski definition) is 0. The number of benzene rings is 2. The minimum Gasteiger partial charge on any atom is -0.482 e. The van der Waals surface area contributed by atoms with Crippen LogP contribution in [0, 0.1) is 30.6 Å². The lowest BCUT2D eigenvalue weighted by atomic mass is 9.81. The molecule has 1 saturated heterocycles. The zero-order valence-electron chi connectivity index (χ0n) is 17.2. The van der Waals surface area contributed by atoms with E-state index in [0.717, 1.165) is 12.0 Å². The van der Waals surface area contributed by atoms with Crippen LogP contribution in [-0.4, -0.2) is 34.0 Å². The van der Waals surface area contributed by atoms with Crippen molar-refractivity contribution in [2.75, 3.05) is 11.5 Å². The van der Waals surface area contributed by atoms with E-state index in [2.05, 4.69) is 31.9 Å². The summed E-state index contributed by atoms with van der Waals surface area (Å²) in [5.74, 6) is -0.306. The van der Waals surface area contributed by atoms with Gasteiger partial charge in [-0.1, -0.05) is 56.1 Å². The minimum absolute atomic E-state index is 0.149. The smallest absolute Gasteiger partial charge is 0.349 e. The molecular weight excluding hydrogens is 542 g/mol. The molecular formula is C24H21Br2NO5. The number of hydrogen-bond acceptors (Lipinski definition) is 5. The summed E-state index contributed by atoms with van der Waals surface area (Å²) in [7, 11) is 0. The van der Waals surface area contributed by atoms with Gasteiger partial charge in [-0.3, -0.25) is 9.59 Å². The van der Waals surface area contributed by atoms with Crippen molar-refractivity contribution in [2.24, 2.45) is 23.7 Å². The van der Waals surface area contributed by atoms with Crippen LogP contribution in [0.2, 0.25) is 0 Å². The van der Waals surface area contributed by atoms with Crippen molar-refractivity contribution in [3.63, 3.8) is 0 Å². The van der Waals surface area contributed by atoms with Gasteiger partial charge in [0.05, 0.1) is 17.5 Å². The average Bonchev–Trinajstić information content (AvgIpc) is 3.38. The Balaban J connectivity index is 1.29. The molecule has 6 atom stereocenters. The molecule has 2 aromatic carbocycles. The molecule has 1 aliphatic heterocycles. The fourth-order valence-corrected chi connectivity index (χ4v) is 7.18. The molecule has 32 heavy (non-hydrogen) atoms. The van der Waals surface area contributed by atoms with Crippen molar-refractivity contribution >= 4 is 55.3 Å².